The van der Waals surface area contributed by atoms with E-state index in [0.717, 1.165) is 12.8 Å². The fourth-order valence-corrected chi connectivity index (χ4v) is 4.09. The first-order valence-electron chi connectivity index (χ1n) is 12.5. The fourth-order valence-electron chi connectivity index (χ4n) is 4.09. The number of hydrogen-bond acceptors (Lipinski definition) is 7. The summed E-state index contributed by atoms with van der Waals surface area (Å²) in [5.41, 5.74) is 0.399. The maximum Gasteiger partial charge on any atom is 0.318 e. The first-order valence-corrected chi connectivity index (χ1v) is 12.5. The van der Waals surface area contributed by atoms with Crippen molar-refractivity contribution in [3.8, 4) is 0 Å². The predicted octanol–water partition coefficient (Wildman–Crippen LogP) is 2.70. The molecule has 1 unspecified atom stereocenters. The van der Waals surface area contributed by atoms with Crippen molar-refractivity contribution in [1.82, 2.24) is 25.7 Å². The van der Waals surface area contributed by atoms with Gasteiger partial charge in [-0.3, -0.25) is 9.59 Å². The number of alkyl halides is 2. The largest absolute Gasteiger partial charge is 0.378 e. The van der Waals surface area contributed by atoms with Crippen molar-refractivity contribution < 1.29 is 32.4 Å². The summed E-state index contributed by atoms with van der Waals surface area (Å²) in [6.45, 7) is 2.84. The lowest BCUT2D eigenvalue weighted by molar-refractivity contribution is -0.126. The molecule has 2 aliphatic rings. The summed E-state index contributed by atoms with van der Waals surface area (Å²) in [5.74, 6) is -4.42. The van der Waals surface area contributed by atoms with Crippen molar-refractivity contribution >= 4 is 17.7 Å². The smallest absolute Gasteiger partial charge is 0.318 e. The van der Waals surface area contributed by atoms with Crippen LogP contribution in [0.2, 0.25) is 0 Å². The van der Waals surface area contributed by atoms with Gasteiger partial charge in [-0.25, -0.2) is 13.6 Å². The number of hydrogen-bond donors (Lipinski definition) is 2. The van der Waals surface area contributed by atoms with Gasteiger partial charge in [-0.1, -0.05) is 42.4 Å². The number of halogens is 2. The van der Waals surface area contributed by atoms with E-state index >= 15 is 8.78 Å². The van der Waals surface area contributed by atoms with Gasteiger partial charge in [0.15, 0.2) is 0 Å². The number of amides is 3. The minimum absolute atomic E-state index is 0.148. The molecule has 0 radical (unpaired) electrons. The lowest BCUT2D eigenvalue weighted by atomic mass is 9.99. The van der Waals surface area contributed by atoms with Crippen molar-refractivity contribution in [2.75, 3.05) is 26.3 Å². The standard InChI is InChI=1S/C25H31F2N5O5/c1-2-18(20(33)21-30-23(37-31-21)17-8-9-17)28-22(34)19(29-24(35)32-10-12-36-13-11-32)15-25(26,27)14-16-6-4-3-5-7-16/h3-7,17-19H,2,8-15H2,1H3,(H,28,34)(H,29,35)/t18?,19-/m0/s1. The monoisotopic (exact) mass is 519 g/mol. The van der Waals surface area contributed by atoms with E-state index in [1.54, 1.807) is 37.3 Å². The van der Waals surface area contributed by atoms with Crippen molar-refractivity contribution in [2.24, 2.45) is 0 Å². The highest BCUT2D eigenvalue weighted by Crippen LogP contribution is 2.38. The average Bonchev–Trinajstić information content (AvgIpc) is 3.63. The Morgan fingerprint density at radius 3 is 2.46 bits per heavy atom. The van der Waals surface area contributed by atoms with Gasteiger partial charge in [0.2, 0.25) is 23.4 Å². The van der Waals surface area contributed by atoms with Crippen LogP contribution in [-0.2, 0) is 16.0 Å². The van der Waals surface area contributed by atoms with Crippen molar-refractivity contribution in [3.63, 3.8) is 0 Å². The van der Waals surface area contributed by atoms with E-state index < -0.39 is 48.6 Å². The van der Waals surface area contributed by atoms with Crippen LogP contribution in [0.3, 0.4) is 0 Å². The Balaban J connectivity index is 1.46. The Kier molecular flexibility index (Phi) is 8.47. The second kappa shape index (κ2) is 11.8. The number of nitrogens with one attached hydrogen (secondary N) is 2. The number of benzene rings is 1. The molecule has 37 heavy (non-hydrogen) atoms. The van der Waals surface area contributed by atoms with Crippen LogP contribution in [0.1, 0.15) is 60.6 Å². The van der Waals surface area contributed by atoms with Crippen LogP contribution in [0, 0.1) is 0 Å². The van der Waals surface area contributed by atoms with Crippen molar-refractivity contribution in [2.45, 2.75) is 63.0 Å². The molecule has 0 bridgehead atoms. The molecular formula is C25H31F2N5O5. The number of carbonyl (C=O) groups excluding carboxylic acids is 3. The van der Waals surface area contributed by atoms with Gasteiger partial charge in [-0.05, 0) is 24.8 Å². The molecule has 1 saturated carbocycles. The molecule has 1 aromatic heterocycles. The molecule has 1 aromatic carbocycles. The summed E-state index contributed by atoms with van der Waals surface area (Å²) in [7, 11) is 0. The molecule has 2 atom stereocenters. The fraction of sp³-hybridized carbons (Fsp3) is 0.560. The van der Waals surface area contributed by atoms with E-state index in [1.807, 2.05) is 0 Å². The molecule has 2 heterocycles. The predicted molar refractivity (Wildman–Crippen MR) is 127 cm³/mol. The van der Waals surface area contributed by atoms with Crippen LogP contribution < -0.4 is 10.6 Å². The zero-order valence-corrected chi connectivity index (χ0v) is 20.6. The Morgan fingerprint density at radius 2 is 1.81 bits per heavy atom. The lowest BCUT2D eigenvalue weighted by Gasteiger charge is -2.30. The molecule has 1 saturated heterocycles. The number of ketones is 1. The van der Waals surface area contributed by atoms with E-state index in [9.17, 15) is 14.4 Å². The normalized spacial score (nSPS) is 17.6. The Hall–Kier alpha value is -3.41. The molecule has 4 rings (SSSR count). The number of ether oxygens (including phenoxy) is 1. The van der Waals surface area contributed by atoms with Crippen LogP contribution >= 0.6 is 0 Å². The van der Waals surface area contributed by atoms with Gasteiger partial charge in [0.1, 0.15) is 6.04 Å². The van der Waals surface area contributed by atoms with Gasteiger partial charge in [0, 0.05) is 31.8 Å². The molecule has 10 nitrogen and oxygen atoms in total. The van der Waals surface area contributed by atoms with Crippen LogP contribution in [0.5, 0.6) is 0 Å². The minimum Gasteiger partial charge on any atom is -0.378 e. The highest BCUT2D eigenvalue weighted by Gasteiger charge is 2.39. The SMILES string of the molecule is CCC(NC(=O)[C@H](CC(F)(F)Cc1ccccc1)NC(=O)N1CCOCC1)C(=O)c1noc(C2CC2)n1. The second-order valence-electron chi connectivity index (χ2n) is 9.39. The van der Waals surface area contributed by atoms with Crippen LogP contribution in [-0.4, -0.2) is 77.1 Å². The summed E-state index contributed by atoms with van der Waals surface area (Å²) in [6.07, 6.45) is 0.440. The minimum atomic E-state index is -3.31. The number of aromatic nitrogens is 2. The van der Waals surface area contributed by atoms with E-state index in [0.29, 0.717) is 24.7 Å². The van der Waals surface area contributed by atoms with Crippen LogP contribution in [0.4, 0.5) is 13.6 Å². The topological polar surface area (TPSA) is 127 Å². The first-order chi connectivity index (χ1) is 17.8. The van der Waals surface area contributed by atoms with Gasteiger partial charge < -0.3 is 24.8 Å². The van der Waals surface area contributed by atoms with Gasteiger partial charge in [-0.2, -0.15) is 4.98 Å². The number of Topliss-reactive ketones (excluding diaryl/α,β-unsaturated/α-hetero) is 1. The third-order valence-corrected chi connectivity index (χ3v) is 6.35. The summed E-state index contributed by atoms with van der Waals surface area (Å²) >= 11 is 0. The molecule has 3 amide bonds. The Labute approximate surface area is 213 Å². The summed E-state index contributed by atoms with van der Waals surface area (Å²) < 4.78 is 40.5. The summed E-state index contributed by atoms with van der Waals surface area (Å²) in [6, 6.07) is 4.87. The second-order valence-corrected chi connectivity index (χ2v) is 9.39. The quantitative estimate of drug-likeness (QED) is 0.437. The van der Waals surface area contributed by atoms with Crippen LogP contribution in [0.15, 0.2) is 34.9 Å². The van der Waals surface area contributed by atoms with Crippen LogP contribution in [0.25, 0.3) is 0 Å². The highest BCUT2D eigenvalue weighted by molar-refractivity contribution is 6.00. The molecule has 2 N–H and O–H groups in total. The molecule has 1 aliphatic carbocycles. The lowest BCUT2D eigenvalue weighted by Crippen LogP contribution is -2.57. The third-order valence-electron chi connectivity index (χ3n) is 6.35. The third kappa shape index (κ3) is 7.31. The number of rotatable bonds is 11. The Bertz CT molecular complexity index is 1090. The maximum absolute atomic E-state index is 15.1. The number of morpholine rings is 1. The summed E-state index contributed by atoms with van der Waals surface area (Å²) in [5, 5.41) is 8.67. The molecule has 2 aromatic rings. The van der Waals surface area contributed by atoms with Crippen molar-refractivity contribution in [1.29, 1.82) is 0 Å². The molecule has 200 valence electrons. The van der Waals surface area contributed by atoms with E-state index in [4.69, 9.17) is 9.26 Å². The maximum atomic E-state index is 15.1. The van der Waals surface area contributed by atoms with Crippen molar-refractivity contribution in [3.05, 3.63) is 47.6 Å². The first kappa shape index (κ1) is 26.6. The van der Waals surface area contributed by atoms with E-state index in [1.165, 1.54) is 4.90 Å². The molecule has 1 aliphatic heterocycles. The van der Waals surface area contributed by atoms with Gasteiger partial charge in [0.25, 0.3) is 5.92 Å². The zero-order chi connectivity index (χ0) is 26.4. The summed E-state index contributed by atoms with van der Waals surface area (Å²) in [4.78, 5) is 44.4. The van der Waals surface area contributed by atoms with E-state index in [2.05, 4.69) is 20.8 Å². The Morgan fingerprint density at radius 1 is 1.11 bits per heavy atom. The van der Waals surface area contributed by atoms with E-state index in [-0.39, 0.29) is 31.3 Å². The van der Waals surface area contributed by atoms with Gasteiger partial charge in [-0.15, -0.1) is 0 Å². The van der Waals surface area contributed by atoms with Gasteiger partial charge >= 0.3 is 6.03 Å². The zero-order valence-electron chi connectivity index (χ0n) is 20.6. The molecular weight excluding hydrogens is 488 g/mol. The number of urea groups is 1. The van der Waals surface area contributed by atoms with Gasteiger partial charge in [0.05, 0.1) is 19.3 Å². The average molecular weight is 520 g/mol. The number of nitrogens with zero attached hydrogens (tertiary/aromatic N) is 3. The molecule has 0 spiro atoms. The highest BCUT2D eigenvalue weighted by atomic mass is 19.3. The molecule has 2 fully saturated rings. The number of carbonyl (C=O) groups is 3. The molecule has 12 heteroatoms.